The van der Waals surface area contributed by atoms with E-state index in [4.69, 9.17) is 5.73 Å². The Bertz CT molecular complexity index is 264. The molecule has 0 radical (unpaired) electrons. The molecule has 86 valence electrons. The molecule has 0 bridgehead atoms. The molecule has 0 aromatic rings. The number of nitrogens with two attached hydrogens (primary N) is 1. The first-order valence-electron chi connectivity index (χ1n) is 5.63. The van der Waals surface area contributed by atoms with E-state index >= 15 is 0 Å². The number of rotatable bonds is 6. The van der Waals surface area contributed by atoms with Crippen LogP contribution < -0.4 is 5.73 Å². The van der Waals surface area contributed by atoms with Gasteiger partial charge in [-0.3, -0.25) is 4.79 Å². The van der Waals surface area contributed by atoms with Crippen molar-refractivity contribution in [2.75, 3.05) is 0 Å². The van der Waals surface area contributed by atoms with Crippen LogP contribution in [0.2, 0.25) is 0 Å². The predicted octanol–water partition coefficient (Wildman–Crippen LogP) is 3.19. The Kier molecular flexibility index (Phi) is 6.76. The second-order valence-electron chi connectivity index (χ2n) is 4.22. The van der Waals surface area contributed by atoms with Crippen molar-refractivity contribution >= 4 is 5.91 Å². The van der Waals surface area contributed by atoms with E-state index in [1.54, 1.807) is 6.92 Å². The third kappa shape index (κ3) is 6.95. The maximum Gasteiger partial charge on any atom is 0.244 e. The van der Waals surface area contributed by atoms with E-state index in [-0.39, 0.29) is 5.91 Å². The summed E-state index contributed by atoms with van der Waals surface area (Å²) in [5, 5.41) is 0. The lowest BCUT2D eigenvalue weighted by atomic mass is 10.0. The first-order valence-corrected chi connectivity index (χ1v) is 5.63. The molecule has 1 amide bonds. The topological polar surface area (TPSA) is 43.1 Å². The summed E-state index contributed by atoms with van der Waals surface area (Å²) < 4.78 is 0. The third-order valence-electron chi connectivity index (χ3n) is 2.39. The fourth-order valence-corrected chi connectivity index (χ4v) is 1.52. The zero-order valence-electron chi connectivity index (χ0n) is 10.3. The maximum atomic E-state index is 10.8. The number of carbonyl (C=O) groups is 1. The van der Waals surface area contributed by atoms with Crippen molar-refractivity contribution in [1.29, 1.82) is 0 Å². The number of amides is 1. The largest absolute Gasteiger partial charge is 0.366 e. The first kappa shape index (κ1) is 13.9. The number of carbonyl (C=O) groups excluding carboxylic acids is 1. The number of hydrogen-bond acceptors (Lipinski definition) is 1. The van der Waals surface area contributed by atoms with Gasteiger partial charge in [-0.15, -0.1) is 0 Å². The SMILES string of the molecule is CCCCC(C)/C=C(C)/C=C(\C)C(N)=O. The van der Waals surface area contributed by atoms with Crippen molar-refractivity contribution < 1.29 is 4.79 Å². The Morgan fingerprint density at radius 2 is 2.00 bits per heavy atom. The van der Waals surface area contributed by atoms with Crippen LogP contribution in [0.25, 0.3) is 0 Å². The van der Waals surface area contributed by atoms with Gasteiger partial charge in [0.2, 0.25) is 5.91 Å². The molecule has 2 heteroatoms. The molecule has 2 N–H and O–H groups in total. The number of unbranched alkanes of at least 4 members (excludes halogenated alkanes) is 1. The average Bonchev–Trinajstić information content (AvgIpc) is 2.14. The van der Waals surface area contributed by atoms with Crippen molar-refractivity contribution in [2.45, 2.75) is 47.0 Å². The Morgan fingerprint density at radius 1 is 1.40 bits per heavy atom. The lowest BCUT2D eigenvalue weighted by Crippen LogP contribution is -2.11. The minimum absolute atomic E-state index is 0.344. The van der Waals surface area contributed by atoms with Crippen molar-refractivity contribution in [3.8, 4) is 0 Å². The van der Waals surface area contributed by atoms with Gasteiger partial charge in [-0.25, -0.2) is 0 Å². The molecular weight excluding hydrogens is 186 g/mol. The highest BCUT2D eigenvalue weighted by Crippen LogP contribution is 2.12. The van der Waals surface area contributed by atoms with Crippen LogP contribution in [0.15, 0.2) is 23.3 Å². The molecule has 0 aliphatic heterocycles. The highest BCUT2D eigenvalue weighted by atomic mass is 16.1. The van der Waals surface area contributed by atoms with Crippen LogP contribution in [0.1, 0.15) is 47.0 Å². The minimum Gasteiger partial charge on any atom is -0.366 e. The summed E-state index contributed by atoms with van der Waals surface area (Å²) in [5.74, 6) is 0.228. The summed E-state index contributed by atoms with van der Waals surface area (Å²) in [5.41, 5.74) is 6.90. The molecule has 0 spiro atoms. The maximum absolute atomic E-state index is 10.8. The summed E-state index contributed by atoms with van der Waals surface area (Å²) in [6.07, 6.45) is 7.74. The van der Waals surface area contributed by atoms with Crippen molar-refractivity contribution in [1.82, 2.24) is 0 Å². The Morgan fingerprint density at radius 3 is 2.47 bits per heavy atom. The summed E-state index contributed by atoms with van der Waals surface area (Å²) >= 11 is 0. The highest BCUT2D eigenvalue weighted by molar-refractivity contribution is 5.91. The smallest absolute Gasteiger partial charge is 0.244 e. The highest BCUT2D eigenvalue weighted by Gasteiger charge is 1.99. The molecule has 0 aromatic heterocycles. The molecule has 2 nitrogen and oxygen atoms in total. The van der Waals surface area contributed by atoms with Crippen LogP contribution in [0.5, 0.6) is 0 Å². The van der Waals surface area contributed by atoms with Gasteiger partial charge in [-0.05, 0) is 26.2 Å². The molecule has 0 fully saturated rings. The zero-order valence-corrected chi connectivity index (χ0v) is 10.3. The van der Waals surface area contributed by atoms with Crippen LogP contribution in [0.4, 0.5) is 0 Å². The molecule has 0 rings (SSSR count). The second kappa shape index (κ2) is 7.27. The summed E-state index contributed by atoms with van der Waals surface area (Å²) in [6.45, 7) is 8.15. The van der Waals surface area contributed by atoms with E-state index in [0.717, 1.165) is 5.57 Å². The van der Waals surface area contributed by atoms with Crippen LogP contribution >= 0.6 is 0 Å². The van der Waals surface area contributed by atoms with Crippen LogP contribution in [-0.4, -0.2) is 5.91 Å². The molecule has 0 heterocycles. The first-order chi connectivity index (χ1) is 6.97. The van der Waals surface area contributed by atoms with E-state index in [1.165, 1.54) is 19.3 Å². The standard InChI is InChI=1S/C13H23NO/c1-5-6-7-10(2)8-11(3)9-12(4)13(14)15/h8-10H,5-7H2,1-4H3,(H2,14,15)/b11-8+,12-9+. The van der Waals surface area contributed by atoms with E-state index in [1.807, 2.05) is 13.0 Å². The molecule has 1 unspecified atom stereocenters. The number of primary amides is 1. The van der Waals surface area contributed by atoms with Gasteiger partial charge in [-0.1, -0.05) is 44.4 Å². The monoisotopic (exact) mass is 209 g/mol. The molecule has 0 saturated carbocycles. The third-order valence-corrected chi connectivity index (χ3v) is 2.39. The number of hydrogen-bond donors (Lipinski definition) is 1. The van der Waals surface area contributed by atoms with Crippen LogP contribution in [0.3, 0.4) is 0 Å². The lowest BCUT2D eigenvalue weighted by molar-refractivity contribution is -0.114. The van der Waals surface area contributed by atoms with Crippen molar-refractivity contribution in [2.24, 2.45) is 11.7 Å². The van der Waals surface area contributed by atoms with Crippen LogP contribution in [0, 0.1) is 5.92 Å². The van der Waals surface area contributed by atoms with Crippen molar-refractivity contribution in [3.05, 3.63) is 23.3 Å². The molecule has 0 saturated heterocycles. The Balaban J connectivity index is 4.30. The molecule has 1 atom stereocenters. The van der Waals surface area contributed by atoms with Crippen LogP contribution in [-0.2, 0) is 4.79 Å². The fraction of sp³-hybridized carbons (Fsp3) is 0.615. The summed E-state index contributed by atoms with van der Waals surface area (Å²) in [4.78, 5) is 10.8. The molecular formula is C13H23NO. The lowest BCUT2D eigenvalue weighted by Gasteiger charge is -2.05. The van der Waals surface area contributed by atoms with Gasteiger partial charge >= 0.3 is 0 Å². The second-order valence-corrected chi connectivity index (χ2v) is 4.22. The van der Waals surface area contributed by atoms with Gasteiger partial charge < -0.3 is 5.73 Å². The van der Waals surface area contributed by atoms with Crippen molar-refractivity contribution in [3.63, 3.8) is 0 Å². The van der Waals surface area contributed by atoms with Gasteiger partial charge in [0, 0.05) is 5.57 Å². The summed E-state index contributed by atoms with van der Waals surface area (Å²) in [7, 11) is 0. The van der Waals surface area contributed by atoms with Gasteiger partial charge in [-0.2, -0.15) is 0 Å². The minimum atomic E-state index is -0.344. The van der Waals surface area contributed by atoms with Gasteiger partial charge in [0.1, 0.15) is 0 Å². The molecule has 0 aliphatic carbocycles. The quantitative estimate of drug-likeness (QED) is 0.530. The van der Waals surface area contributed by atoms with E-state index in [0.29, 0.717) is 11.5 Å². The molecule has 15 heavy (non-hydrogen) atoms. The summed E-state index contributed by atoms with van der Waals surface area (Å²) in [6, 6.07) is 0. The predicted molar refractivity (Wildman–Crippen MR) is 65.4 cm³/mol. The average molecular weight is 209 g/mol. The zero-order chi connectivity index (χ0) is 11.8. The van der Waals surface area contributed by atoms with Gasteiger partial charge in [0.15, 0.2) is 0 Å². The van der Waals surface area contributed by atoms with E-state index in [2.05, 4.69) is 19.9 Å². The van der Waals surface area contributed by atoms with Gasteiger partial charge in [0.05, 0.1) is 0 Å². The number of allylic oxidation sites excluding steroid dienone is 3. The molecule has 0 aliphatic rings. The Hall–Kier alpha value is -1.05. The fourth-order valence-electron chi connectivity index (χ4n) is 1.52. The van der Waals surface area contributed by atoms with E-state index < -0.39 is 0 Å². The molecule has 0 aromatic carbocycles. The Labute approximate surface area is 93.2 Å². The van der Waals surface area contributed by atoms with E-state index in [9.17, 15) is 4.79 Å². The van der Waals surface area contributed by atoms with Gasteiger partial charge in [0.25, 0.3) is 0 Å². The normalized spacial score (nSPS) is 15.2.